The first-order chi connectivity index (χ1) is 14.6. The lowest BCUT2D eigenvalue weighted by Gasteiger charge is -2.31. The number of amides is 2. The van der Waals surface area contributed by atoms with Crippen molar-refractivity contribution in [1.29, 1.82) is 0 Å². The first-order valence-electron chi connectivity index (χ1n) is 10.0. The fourth-order valence-corrected chi connectivity index (χ4v) is 3.75. The lowest BCUT2D eigenvalue weighted by molar-refractivity contribution is -0.126. The number of hydrogen-bond donors (Lipinski definition) is 1. The summed E-state index contributed by atoms with van der Waals surface area (Å²) in [6, 6.07) is 13.8. The topological polar surface area (TPSA) is 67.2 Å². The van der Waals surface area contributed by atoms with Gasteiger partial charge in [0.15, 0.2) is 0 Å². The highest BCUT2D eigenvalue weighted by molar-refractivity contribution is 5.93. The average molecular weight is 406 g/mol. The van der Waals surface area contributed by atoms with Gasteiger partial charge in [0.25, 0.3) is 5.91 Å². The van der Waals surface area contributed by atoms with Gasteiger partial charge in [-0.1, -0.05) is 18.2 Å². The third-order valence-corrected chi connectivity index (χ3v) is 5.46. The van der Waals surface area contributed by atoms with Gasteiger partial charge in [-0.25, -0.2) is 4.39 Å². The molecule has 0 atom stereocenters. The molecule has 0 unspecified atom stereocenters. The number of aromatic nitrogens is 2. The summed E-state index contributed by atoms with van der Waals surface area (Å²) in [7, 11) is 0. The molecule has 0 spiro atoms. The summed E-state index contributed by atoms with van der Waals surface area (Å²) < 4.78 is 15.5. The lowest BCUT2D eigenvalue weighted by Crippen LogP contribution is -2.43. The summed E-state index contributed by atoms with van der Waals surface area (Å²) in [4.78, 5) is 31.4. The Morgan fingerprint density at radius 1 is 1.07 bits per heavy atom. The Balaban J connectivity index is 1.34. The smallest absolute Gasteiger partial charge is 0.270 e. The highest BCUT2D eigenvalue weighted by Crippen LogP contribution is 2.21. The minimum atomic E-state index is -0.324. The first kappa shape index (κ1) is 19.8. The van der Waals surface area contributed by atoms with Gasteiger partial charge in [0.1, 0.15) is 11.5 Å². The van der Waals surface area contributed by atoms with Crippen LogP contribution in [0, 0.1) is 11.7 Å². The molecule has 1 aliphatic heterocycles. The van der Waals surface area contributed by atoms with Gasteiger partial charge >= 0.3 is 0 Å². The summed E-state index contributed by atoms with van der Waals surface area (Å²) in [5.41, 5.74) is 1.87. The standard InChI is InChI=1S/C23H23FN4O2/c24-20-7-2-1-5-18(20)15-26-22(29)17-9-13-27(14-10-17)23(30)21-8-4-12-28(21)19-6-3-11-25-16-19/h1-8,11-12,16-17H,9-10,13-15H2,(H,26,29). The molecule has 2 amide bonds. The van der Waals surface area contributed by atoms with Gasteiger partial charge in [-0.3, -0.25) is 14.6 Å². The second-order valence-corrected chi connectivity index (χ2v) is 7.35. The second-order valence-electron chi connectivity index (χ2n) is 7.35. The predicted molar refractivity (Wildman–Crippen MR) is 110 cm³/mol. The molecule has 0 saturated carbocycles. The molecule has 1 N–H and O–H groups in total. The Kier molecular flexibility index (Phi) is 5.88. The quantitative estimate of drug-likeness (QED) is 0.708. The Hall–Kier alpha value is -3.48. The minimum absolute atomic E-state index is 0.0610. The number of hydrogen-bond acceptors (Lipinski definition) is 3. The Labute approximate surface area is 174 Å². The normalized spacial score (nSPS) is 14.5. The molecule has 6 nitrogen and oxygen atoms in total. The van der Waals surface area contributed by atoms with E-state index in [-0.39, 0.29) is 30.1 Å². The van der Waals surface area contributed by atoms with E-state index in [1.165, 1.54) is 6.07 Å². The van der Waals surface area contributed by atoms with Gasteiger partial charge in [-0.2, -0.15) is 0 Å². The van der Waals surface area contributed by atoms with Crippen LogP contribution in [0.1, 0.15) is 28.9 Å². The van der Waals surface area contributed by atoms with Crippen LogP contribution in [-0.4, -0.2) is 39.4 Å². The SMILES string of the molecule is O=C(NCc1ccccc1F)C1CCN(C(=O)c2cccn2-c2cccnc2)CC1. The van der Waals surface area contributed by atoms with Crippen molar-refractivity contribution in [3.63, 3.8) is 0 Å². The number of piperidine rings is 1. The molecular formula is C23H23FN4O2. The van der Waals surface area contributed by atoms with Gasteiger partial charge in [0.2, 0.25) is 5.91 Å². The van der Waals surface area contributed by atoms with Crippen LogP contribution in [0.2, 0.25) is 0 Å². The molecule has 0 bridgehead atoms. The minimum Gasteiger partial charge on any atom is -0.352 e. The number of rotatable bonds is 5. The van der Waals surface area contributed by atoms with E-state index in [4.69, 9.17) is 0 Å². The highest BCUT2D eigenvalue weighted by atomic mass is 19.1. The molecule has 7 heteroatoms. The zero-order chi connectivity index (χ0) is 20.9. The molecule has 30 heavy (non-hydrogen) atoms. The molecule has 0 aliphatic carbocycles. The molecule has 0 radical (unpaired) electrons. The Morgan fingerprint density at radius 2 is 1.87 bits per heavy atom. The van der Waals surface area contributed by atoms with Gasteiger partial charge in [0, 0.05) is 43.5 Å². The van der Waals surface area contributed by atoms with E-state index in [2.05, 4.69) is 10.3 Å². The van der Waals surface area contributed by atoms with Gasteiger partial charge in [-0.15, -0.1) is 0 Å². The maximum Gasteiger partial charge on any atom is 0.270 e. The van der Waals surface area contributed by atoms with E-state index in [1.807, 2.05) is 29.0 Å². The molecule has 4 rings (SSSR count). The molecule has 154 valence electrons. The number of halogens is 1. The van der Waals surface area contributed by atoms with Crippen LogP contribution < -0.4 is 5.32 Å². The summed E-state index contributed by atoms with van der Waals surface area (Å²) in [5.74, 6) is -0.654. The molecular weight excluding hydrogens is 383 g/mol. The van der Waals surface area contributed by atoms with Gasteiger partial charge < -0.3 is 14.8 Å². The van der Waals surface area contributed by atoms with Crippen LogP contribution in [0.3, 0.4) is 0 Å². The number of carbonyl (C=O) groups excluding carboxylic acids is 2. The van der Waals surface area contributed by atoms with Crippen LogP contribution in [0.25, 0.3) is 5.69 Å². The average Bonchev–Trinajstić information content (AvgIpc) is 3.28. The van der Waals surface area contributed by atoms with Crippen LogP contribution in [0.15, 0.2) is 67.1 Å². The zero-order valence-electron chi connectivity index (χ0n) is 16.5. The summed E-state index contributed by atoms with van der Waals surface area (Å²) in [6.07, 6.45) is 6.41. The monoisotopic (exact) mass is 406 g/mol. The summed E-state index contributed by atoms with van der Waals surface area (Å²) in [5, 5.41) is 2.82. The van der Waals surface area contributed by atoms with Crippen molar-refractivity contribution < 1.29 is 14.0 Å². The van der Waals surface area contributed by atoms with Crippen LogP contribution in [-0.2, 0) is 11.3 Å². The van der Waals surface area contributed by atoms with Crippen LogP contribution in [0.4, 0.5) is 4.39 Å². The molecule has 3 heterocycles. The van der Waals surface area contributed by atoms with E-state index < -0.39 is 0 Å². The number of nitrogens with zero attached hydrogens (tertiary/aromatic N) is 3. The molecule has 1 aromatic carbocycles. The van der Waals surface area contributed by atoms with E-state index in [9.17, 15) is 14.0 Å². The van der Waals surface area contributed by atoms with Crippen molar-refractivity contribution in [2.75, 3.05) is 13.1 Å². The van der Waals surface area contributed by atoms with Gasteiger partial charge in [0.05, 0.1) is 11.9 Å². The van der Waals surface area contributed by atoms with Crippen molar-refractivity contribution in [3.05, 3.63) is 84.2 Å². The third kappa shape index (κ3) is 4.25. The third-order valence-electron chi connectivity index (χ3n) is 5.46. The van der Waals surface area contributed by atoms with E-state index in [0.717, 1.165) is 5.69 Å². The fraction of sp³-hybridized carbons (Fsp3) is 0.261. The second kappa shape index (κ2) is 8.90. The first-order valence-corrected chi connectivity index (χ1v) is 10.0. The number of likely N-dealkylation sites (tertiary alicyclic amines) is 1. The molecule has 1 fully saturated rings. The van der Waals surface area contributed by atoms with E-state index >= 15 is 0 Å². The Bertz CT molecular complexity index is 1030. The number of pyridine rings is 1. The summed E-state index contributed by atoms with van der Waals surface area (Å²) >= 11 is 0. The Morgan fingerprint density at radius 3 is 2.60 bits per heavy atom. The number of benzene rings is 1. The number of carbonyl (C=O) groups is 2. The largest absolute Gasteiger partial charge is 0.352 e. The van der Waals surface area contributed by atoms with Crippen LogP contribution in [0.5, 0.6) is 0 Å². The maximum atomic E-state index is 13.7. The molecule has 1 aliphatic rings. The van der Waals surface area contributed by atoms with Crippen LogP contribution >= 0.6 is 0 Å². The predicted octanol–water partition coefficient (Wildman–Crippen LogP) is 3.18. The maximum absolute atomic E-state index is 13.7. The van der Waals surface area contributed by atoms with Crippen molar-refractivity contribution >= 4 is 11.8 Å². The highest BCUT2D eigenvalue weighted by Gasteiger charge is 2.29. The molecule has 3 aromatic rings. The zero-order valence-corrected chi connectivity index (χ0v) is 16.5. The number of nitrogens with one attached hydrogen (secondary N) is 1. The van der Waals surface area contributed by atoms with Crippen molar-refractivity contribution in [2.24, 2.45) is 5.92 Å². The van der Waals surface area contributed by atoms with Crippen molar-refractivity contribution in [3.8, 4) is 5.69 Å². The fourth-order valence-electron chi connectivity index (χ4n) is 3.75. The van der Waals surface area contributed by atoms with Gasteiger partial charge in [-0.05, 0) is 43.2 Å². The molecule has 2 aromatic heterocycles. The van der Waals surface area contributed by atoms with Crippen molar-refractivity contribution in [1.82, 2.24) is 19.8 Å². The lowest BCUT2D eigenvalue weighted by atomic mass is 9.95. The van der Waals surface area contributed by atoms with E-state index in [0.29, 0.717) is 37.2 Å². The van der Waals surface area contributed by atoms with Crippen molar-refractivity contribution in [2.45, 2.75) is 19.4 Å². The molecule has 1 saturated heterocycles. The van der Waals surface area contributed by atoms with E-state index in [1.54, 1.807) is 41.6 Å². The summed E-state index contributed by atoms with van der Waals surface area (Å²) in [6.45, 7) is 1.19.